The topological polar surface area (TPSA) is 51.0 Å². The fourth-order valence-electron chi connectivity index (χ4n) is 1.74. The van der Waals surface area contributed by atoms with Crippen LogP contribution in [0.4, 0.5) is 13.2 Å². The molecule has 1 N–H and O–H groups in total. The Morgan fingerprint density at radius 2 is 1.91 bits per heavy atom. The standard InChI is InChI=1S/C15H16F3N3O/c1-10(19-2)9-13-20-14(22-21-13)8-5-11-3-6-12(7-4-11)15(16,17)18/h3-8,10,19H,9H2,1-2H3/b8-5+. The van der Waals surface area contributed by atoms with Crippen molar-refractivity contribution in [1.29, 1.82) is 0 Å². The molecule has 0 aliphatic carbocycles. The van der Waals surface area contributed by atoms with Gasteiger partial charge in [0, 0.05) is 18.5 Å². The molecule has 2 aromatic rings. The van der Waals surface area contributed by atoms with Crippen LogP contribution in [-0.2, 0) is 12.6 Å². The van der Waals surface area contributed by atoms with E-state index in [0.29, 0.717) is 23.7 Å². The van der Waals surface area contributed by atoms with Gasteiger partial charge in [-0.3, -0.25) is 0 Å². The molecule has 0 aliphatic heterocycles. The lowest BCUT2D eigenvalue weighted by Gasteiger charge is -2.05. The van der Waals surface area contributed by atoms with E-state index in [-0.39, 0.29) is 6.04 Å². The van der Waals surface area contributed by atoms with E-state index in [2.05, 4.69) is 15.5 Å². The van der Waals surface area contributed by atoms with Crippen molar-refractivity contribution in [2.75, 3.05) is 7.05 Å². The van der Waals surface area contributed by atoms with Crippen LogP contribution in [0, 0.1) is 0 Å². The molecule has 0 amide bonds. The Balaban J connectivity index is 2.03. The molecular formula is C15H16F3N3O. The number of hydrogen-bond acceptors (Lipinski definition) is 4. The van der Waals surface area contributed by atoms with Crippen molar-refractivity contribution in [2.24, 2.45) is 0 Å². The summed E-state index contributed by atoms with van der Waals surface area (Å²) in [6, 6.07) is 5.07. The van der Waals surface area contributed by atoms with E-state index in [9.17, 15) is 13.2 Å². The van der Waals surface area contributed by atoms with E-state index in [4.69, 9.17) is 4.52 Å². The molecule has 0 bridgehead atoms. The summed E-state index contributed by atoms with van der Waals surface area (Å²) >= 11 is 0. The third-order valence-electron chi connectivity index (χ3n) is 3.12. The maximum Gasteiger partial charge on any atom is 0.416 e. The number of halogens is 3. The summed E-state index contributed by atoms with van der Waals surface area (Å²) < 4.78 is 42.4. The van der Waals surface area contributed by atoms with Crippen molar-refractivity contribution in [3.05, 3.63) is 47.1 Å². The fraction of sp³-hybridized carbons (Fsp3) is 0.333. The van der Waals surface area contributed by atoms with Crippen molar-refractivity contribution < 1.29 is 17.7 Å². The van der Waals surface area contributed by atoms with Crippen molar-refractivity contribution in [3.8, 4) is 0 Å². The monoisotopic (exact) mass is 311 g/mol. The minimum atomic E-state index is -4.33. The van der Waals surface area contributed by atoms with Crippen LogP contribution in [0.25, 0.3) is 12.2 Å². The fourth-order valence-corrected chi connectivity index (χ4v) is 1.74. The zero-order valence-electron chi connectivity index (χ0n) is 12.2. The Kier molecular flexibility index (Phi) is 4.97. The lowest BCUT2D eigenvalue weighted by molar-refractivity contribution is -0.137. The van der Waals surface area contributed by atoms with Gasteiger partial charge in [-0.25, -0.2) is 0 Å². The average Bonchev–Trinajstić information content (AvgIpc) is 2.92. The van der Waals surface area contributed by atoms with Gasteiger partial charge in [0.05, 0.1) is 5.56 Å². The molecule has 22 heavy (non-hydrogen) atoms. The van der Waals surface area contributed by atoms with Gasteiger partial charge in [-0.15, -0.1) is 0 Å². The average molecular weight is 311 g/mol. The first-order chi connectivity index (χ1) is 10.4. The van der Waals surface area contributed by atoms with Gasteiger partial charge in [0.15, 0.2) is 5.82 Å². The Hall–Kier alpha value is -2.15. The smallest absolute Gasteiger partial charge is 0.335 e. The number of hydrogen-bond donors (Lipinski definition) is 1. The molecule has 0 saturated carbocycles. The van der Waals surface area contributed by atoms with E-state index >= 15 is 0 Å². The molecule has 1 unspecified atom stereocenters. The number of nitrogens with zero attached hydrogens (tertiary/aromatic N) is 2. The van der Waals surface area contributed by atoms with Crippen LogP contribution in [-0.4, -0.2) is 23.2 Å². The number of aromatic nitrogens is 2. The molecule has 0 spiro atoms. The minimum absolute atomic E-state index is 0.226. The number of benzene rings is 1. The maximum atomic E-state index is 12.5. The molecule has 4 nitrogen and oxygen atoms in total. The molecule has 1 aromatic heterocycles. The van der Waals surface area contributed by atoms with E-state index in [1.165, 1.54) is 12.1 Å². The second-order valence-corrected chi connectivity index (χ2v) is 4.90. The molecule has 0 fully saturated rings. The lowest BCUT2D eigenvalue weighted by Crippen LogP contribution is -2.24. The SMILES string of the molecule is CNC(C)Cc1noc(/C=C/c2ccc(C(F)(F)F)cc2)n1. The molecule has 2 rings (SSSR count). The second-order valence-electron chi connectivity index (χ2n) is 4.90. The molecule has 0 saturated heterocycles. The van der Waals surface area contributed by atoms with Gasteiger partial charge in [-0.2, -0.15) is 18.2 Å². The van der Waals surface area contributed by atoms with Crippen molar-refractivity contribution in [1.82, 2.24) is 15.5 Å². The number of likely N-dealkylation sites (N-methyl/N-ethyl adjacent to an activating group) is 1. The lowest BCUT2D eigenvalue weighted by atomic mass is 10.1. The maximum absolute atomic E-state index is 12.5. The summed E-state index contributed by atoms with van der Waals surface area (Å²) in [6.45, 7) is 1.99. The van der Waals surface area contributed by atoms with Crippen LogP contribution in [0.5, 0.6) is 0 Å². The van der Waals surface area contributed by atoms with Crippen LogP contribution in [0.3, 0.4) is 0 Å². The largest absolute Gasteiger partial charge is 0.416 e. The van der Waals surface area contributed by atoms with Crippen molar-refractivity contribution in [2.45, 2.75) is 25.6 Å². The number of alkyl halides is 3. The summed E-state index contributed by atoms with van der Waals surface area (Å²) in [4.78, 5) is 4.19. The molecule has 1 aromatic carbocycles. The highest BCUT2D eigenvalue weighted by molar-refractivity contribution is 5.66. The van der Waals surface area contributed by atoms with E-state index in [1.807, 2.05) is 14.0 Å². The van der Waals surface area contributed by atoms with E-state index < -0.39 is 11.7 Å². The Bertz CT molecular complexity index is 632. The summed E-state index contributed by atoms with van der Waals surface area (Å²) in [7, 11) is 1.84. The molecule has 7 heteroatoms. The predicted molar refractivity (Wildman–Crippen MR) is 76.9 cm³/mol. The molecule has 118 valence electrons. The normalized spacial score (nSPS) is 13.7. The van der Waals surface area contributed by atoms with Gasteiger partial charge in [0.2, 0.25) is 0 Å². The summed E-state index contributed by atoms with van der Waals surface area (Å²) in [5.74, 6) is 0.895. The van der Waals surface area contributed by atoms with Crippen molar-refractivity contribution in [3.63, 3.8) is 0 Å². The first-order valence-electron chi connectivity index (χ1n) is 6.73. The first kappa shape index (κ1) is 16.2. The Morgan fingerprint density at radius 1 is 1.23 bits per heavy atom. The van der Waals surface area contributed by atoms with Gasteiger partial charge >= 0.3 is 6.18 Å². The van der Waals surface area contributed by atoms with Crippen LogP contribution in [0.2, 0.25) is 0 Å². The number of nitrogens with one attached hydrogen (secondary N) is 1. The summed E-state index contributed by atoms with van der Waals surface area (Å²) in [5, 5.41) is 6.90. The predicted octanol–water partition coefficient (Wildman–Crippen LogP) is 3.41. The zero-order valence-corrected chi connectivity index (χ0v) is 12.2. The van der Waals surface area contributed by atoms with E-state index in [0.717, 1.165) is 12.1 Å². The van der Waals surface area contributed by atoms with Crippen LogP contribution < -0.4 is 5.32 Å². The third-order valence-corrected chi connectivity index (χ3v) is 3.12. The van der Waals surface area contributed by atoms with Crippen LogP contribution in [0.1, 0.15) is 29.8 Å². The van der Waals surface area contributed by atoms with Gasteiger partial charge in [0.1, 0.15) is 0 Å². The third kappa shape index (κ3) is 4.42. The highest BCUT2D eigenvalue weighted by Gasteiger charge is 2.29. The van der Waals surface area contributed by atoms with Crippen LogP contribution >= 0.6 is 0 Å². The molecule has 0 aliphatic rings. The highest BCUT2D eigenvalue weighted by Crippen LogP contribution is 2.29. The van der Waals surface area contributed by atoms with Gasteiger partial charge < -0.3 is 9.84 Å². The zero-order chi connectivity index (χ0) is 16.2. The Morgan fingerprint density at radius 3 is 2.50 bits per heavy atom. The van der Waals surface area contributed by atoms with E-state index in [1.54, 1.807) is 12.2 Å². The first-order valence-corrected chi connectivity index (χ1v) is 6.73. The highest BCUT2D eigenvalue weighted by atomic mass is 19.4. The molecular weight excluding hydrogens is 295 g/mol. The second kappa shape index (κ2) is 6.74. The van der Waals surface area contributed by atoms with Crippen LogP contribution in [0.15, 0.2) is 28.8 Å². The Labute approximate surface area is 126 Å². The molecule has 0 radical (unpaired) electrons. The quantitative estimate of drug-likeness (QED) is 0.919. The molecule has 1 atom stereocenters. The summed E-state index contributed by atoms with van der Waals surface area (Å²) in [6.07, 6.45) is -0.496. The van der Waals surface area contributed by atoms with Gasteiger partial charge in [0.25, 0.3) is 5.89 Å². The summed E-state index contributed by atoms with van der Waals surface area (Å²) in [5.41, 5.74) is -0.0536. The molecule has 1 heterocycles. The van der Waals surface area contributed by atoms with Crippen molar-refractivity contribution >= 4 is 12.2 Å². The minimum Gasteiger partial charge on any atom is -0.335 e. The van der Waals surface area contributed by atoms with Gasteiger partial charge in [-0.05, 0) is 37.7 Å². The number of rotatable bonds is 5. The van der Waals surface area contributed by atoms with Gasteiger partial charge in [-0.1, -0.05) is 17.3 Å².